The predicted octanol–water partition coefficient (Wildman–Crippen LogP) is 22.5. The molecule has 0 atom stereocenters. The molecular formula is C111H120N16O4. The molecule has 12 N–H and O–H groups in total. The van der Waals surface area contributed by atoms with Gasteiger partial charge in [0.25, 0.3) is 0 Å². The van der Waals surface area contributed by atoms with Gasteiger partial charge in [0, 0.05) is 81.5 Å². The highest BCUT2D eigenvalue weighted by molar-refractivity contribution is 5.95. The first kappa shape index (κ1) is 88.3. The van der Waals surface area contributed by atoms with Crippen molar-refractivity contribution < 1.29 is 19.2 Å². The minimum absolute atomic E-state index is 0.00384. The van der Waals surface area contributed by atoms with Gasteiger partial charge in [0.1, 0.15) is 0 Å². The van der Waals surface area contributed by atoms with Gasteiger partial charge in [-0.05, 0) is 226 Å². The van der Waals surface area contributed by atoms with E-state index in [4.69, 9.17) is 62.8 Å². The highest BCUT2D eigenvalue weighted by atomic mass is 16.2. The molecule has 0 bridgehead atoms. The van der Waals surface area contributed by atoms with E-state index in [1.54, 1.807) is 0 Å². The standard InChI is InChI=1S/C30H30N4O.C28H32N4O.C27H30N4O.C26H28N4O/c31-24-13-14-25-23(18-24)12-15-26-29(25)34-28(21-7-2-1-3-8-21)30(32-26)33-27(35)17-19-10-11-20-6-4-5-9-22(20)16-19;29-22-15-16-23-21(18-22)14-17-24-27(23)32-26(20-11-5-2-6-12-20)28(30-24)31-25(33)13-7-10-19-8-3-1-4-9-19;28-21-13-14-22-20(17-21)12-15-23-26(22)31-25(19-9-5-2-6-10-19)27(29-23)30-24(32)16-11-18-7-3-1-4-8-18;27-20-12-13-21-19(16-20)11-14-22-25(21)30-24(18-9-5-2-6-10-18)26(28-22)29-23(31)15-17-7-3-1-4-8-17/h4-6,9-11,13-14,16,18,21H,1-3,7-8,12,15,17,31H2,(H,32,33,35);1,3-4,8-9,15-16,18,20H,2,5-7,10-14,17,29H2,(H,30,31,33);1,3-4,7-8,13-14,17,19H,2,5-6,9-12,15-16,28H2,(H,29,30,32);1,3-4,7-8,12-13,16,18H,2,5-6,9-11,14-15,27H2,(H,28,29,31). The summed E-state index contributed by atoms with van der Waals surface area (Å²) >= 11 is 0. The van der Waals surface area contributed by atoms with Crippen molar-refractivity contribution in [3.05, 3.63) is 296 Å². The third-order valence-electron chi connectivity index (χ3n) is 27.6. The van der Waals surface area contributed by atoms with Gasteiger partial charge in [0.05, 0.1) is 81.2 Å². The highest BCUT2D eigenvalue weighted by Gasteiger charge is 2.34. The van der Waals surface area contributed by atoms with E-state index < -0.39 is 0 Å². The molecule has 4 saturated carbocycles. The Balaban J connectivity index is 0.000000117. The van der Waals surface area contributed by atoms with Gasteiger partial charge < -0.3 is 44.2 Å². The largest absolute Gasteiger partial charge is 0.399 e. The number of amides is 4. The van der Waals surface area contributed by atoms with Crippen LogP contribution in [0.3, 0.4) is 0 Å². The summed E-state index contributed by atoms with van der Waals surface area (Å²) in [7, 11) is 0. The summed E-state index contributed by atoms with van der Waals surface area (Å²) in [5.41, 5.74) is 52.7. The second-order valence-corrected chi connectivity index (χ2v) is 37.1. The average molecular weight is 1740 g/mol. The maximum Gasteiger partial charge on any atom is 0.229 e. The van der Waals surface area contributed by atoms with Crippen LogP contribution in [0.5, 0.6) is 0 Å². The molecule has 13 aromatic rings. The minimum Gasteiger partial charge on any atom is -0.399 e. The molecule has 0 spiro atoms. The van der Waals surface area contributed by atoms with Crippen LogP contribution in [0.25, 0.3) is 55.8 Å². The van der Waals surface area contributed by atoms with Gasteiger partial charge in [-0.25, -0.2) is 39.9 Å². The van der Waals surface area contributed by atoms with Crippen LogP contribution in [0.1, 0.15) is 261 Å². The van der Waals surface area contributed by atoms with E-state index in [-0.39, 0.29) is 23.6 Å². The van der Waals surface area contributed by atoms with Crippen LogP contribution in [0.15, 0.2) is 206 Å². The molecule has 4 amide bonds. The zero-order chi connectivity index (χ0) is 89.5. The number of aromatic nitrogens is 8. The van der Waals surface area contributed by atoms with E-state index in [9.17, 15) is 19.2 Å². The van der Waals surface area contributed by atoms with Crippen LogP contribution in [-0.2, 0) is 96.2 Å². The zero-order valence-electron chi connectivity index (χ0n) is 75.2. The van der Waals surface area contributed by atoms with E-state index in [0.29, 0.717) is 72.6 Å². The Morgan fingerprint density at radius 2 is 0.565 bits per heavy atom. The molecule has 8 aliphatic rings. The number of nitrogens with zero attached hydrogens (tertiary/aromatic N) is 8. The van der Waals surface area contributed by atoms with Crippen molar-refractivity contribution in [3.8, 4) is 45.0 Å². The molecule has 4 heterocycles. The summed E-state index contributed by atoms with van der Waals surface area (Å²) < 4.78 is 0. The number of hydrogen-bond donors (Lipinski definition) is 8. The Kier molecular flexibility index (Phi) is 28.0. The van der Waals surface area contributed by atoms with Crippen molar-refractivity contribution in [2.45, 2.75) is 248 Å². The van der Waals surface area contributed by atoms with Gasteiger partial charge in [0.2, 0.25) is 23.6 Å². The van der Waals surface area contributed by atoms with Crippen LogP contribution in [0, 0.1) is 0 Å². The van der Waals surface area contributed by atoms with E-state index in [0.717, 1.165) is 252 Å². The molecule has 20 nitrogen and oxygen atoms in total. The summed E-state index contributed by atoms with van der Waals surface area (Å²) in [6, 6.07) is 69.0. The Morgan fingerprint density at radius 1 is 0.267 bits per heavy atom. The molecule has 21 rings (SSSR count). The highest BCUT2D eigenvalue weighted by Crippen LogP contribution is 2.46. The predicted molar refractivity (Wildman–Crippen MR) is 527 cm³/mol. The Bertz CT molecular complexity index is 6300. The van der Waals surface area contributed by atoms with Crippen LogP contribution in [0.2, 0.25) is 0 Å². The second kappa shape index (κ2) is 41.6. The SMILES string of the molecule is Nc1ccc2c(c1)CCc1nc(NC(=O)CCCc3ccccc3)c(C3CCCCC3)nc1-2.Nc1ccc2c(c1)CCc1nc(NC(=O)CCc3ccccc3)c(C3CCCCC3)nc1-2.Nc1ccc2c(c1)CCc1nc(NC(=O)Cc3ccc4ccccc4c3)c(C3CCCCC3)nc1-2.Nc1ccc2c(c1)CCc1nc(NC(=O)Cc3ccccc3)c(C3CCCCC3)nc1-2. The van der Waals surface area contributed by atoms with E-state index >= 15 is 0 Å². The molecule has 0 saturated heterocycles. The van der Waals surface area contributed by atoms with E-state index in [1.165, 1.54) is 116 Å². The number of carbonyl (C=O) groups excluding carboxylic acids is 4. The molecule has 4 aromatic heterocycles. The summed E-state index contributed by atoms with van der Waals surface area (Å²) in [5, 5.41) is 14.9. The fourth-order valence-electron chi connectivity index (χ4n) is 20.8. The lowest BCUT2D eigenvalue weighted by molar-refractivity contribution is -0.117. The Hall–Kier alpha value is -13.4. The van der Waals surface area contributed by atoms with Crippen molar-refractivity contribution in [1.82, 2.24) is 39.9 Å². The first-order valence-electron chi connectivity index (χ1n) is 48.1. The molecule has 0 aliphatic heterocycles. The van der Waals surface area contributed by atoms with Crippen LogP contribution >= 0.6 is 0 Å². The third-order valence-corrected chi connectivity index (χ3v) is 27.6. The normalized spacial score (nSPS) is 15.6. The second-order valence-electron chi connectivity index (χ2n) is 37.1. The first-order chi connectivity index (χ1) is 64.1. The number of fused-ring (bicyclic) bond motifs is 13. The topological polar surface area (TPSA) is 324 Å². The maximum absolute atomic E-state index is 13.2. The van der Waals surface area contributed by atoms with Crippen molar-refractivity contribution in [2.75, 3.05) is 44.2 Å². The lowest BCUT2D eigenvalue weighted by Crippen LogP contribution is -2.21. The van der Waals surface area contributed by atoms with Crippen LogP contribution in [-0.4, -0.2) is 63.5 Å². The number of rotatable bonds is 19. The number of benzene rings is 9. The summed E-state index contributed by atoms with van der Waals surface area (Å²) in [6.07, 6.45) is 34.4. The Morgan fingerprint density at radius 3 is 0.916 bits per heavy atom. The molecule has 131 heavy (non-hydrogen) atoms. The number of nitrogens with one attached hydrogen (secondary N) is 4. The van der Waals surface area contributed by atoms with Gasteiger partial charge in [0.15, 0.2) is 23.3 Å². The van der Waals surface area contributed by atoms with Gasteiger partial charge in [-0.3, -0.25) is 19.2 Å². The van der Waals surface area contributed by atoms with E-state index in [1.807, 2.05) is 109 Å². The molecule has 4 fully saturated rings. The number of nitrogens with two attached hydrogens (primary N) is 4. The van der Waals surface area contributed by atoms with Gasteiger partial charge in [-0.2, -0.15) is 0 Å². The van der Waals surface area contributed by atoms with Gasteiger partial charge in [-0.1, -0.05) is 235 Å². The zero-order valence-corrected chi connectivity index (χ0v) is 75.2. The molecular weight excluding hydrogens is 1620 g/mol. The van der Waals surface area contributed by atoms with Gasteiger partial charge in [-0.15, -0.1) is 0 Å². The number of hydrogen-bond acceptors (Lipinski definition) is 16. The fourth-order valence-corrected chi connectivity index (χ4v) is 20.8. The lowest BCUT2D eigenvalue weighted by Gasteiger charge is -2.26. The quantitative estimate of drug-likeness (QED) is 0.0349. The van der Waals surface area contributed by atoms with Crippen molar-refractivity contribution in [3.63, 3.8) is 0 Å². The minimum atomic E-state index is -0.0458. The Labute approximate surface area is 768 Å². The van der Waals surface area contributed by atoms with Gasteiger partial charge >= 0.3 is 0 Å². The maximum atomic E-state index is 13.2. The van der Waals surface area contributed by atoms with E-state index in [2.05, 4.69) is 118 Å². The summed E-state index contributed by atoms with van der Waals surface area (Å²) in [4.78, 5) is 92.3. The third kappa shape index (κ3) is 21.7. The van der Waals surface area contributed by atoms with Crippen molar-refractivity contribution >= 4 is 80.4 Å². The van der Waals surface area contributed by atoms with Crippen LogP contribution < -0.4 is 44.2 Å². The summed E-state index contributed by atoms with van der Waals surface area (Å²) in [6.45, 7) is 0. The molecule has 668 valence electrons. The number of anilines is 8. The van der Waals surface area contributed by atoms with Crippen molar-refractivity contribution in [2.24, 2.45) is 0 Å². The average Bonchev–Trinajstić information content (AvgIpc) is 0.777. The first-order valence-corrected chi connectivity index (χ1v) is 48.1. The number of carbonyl (C=O) groups is 4. The summed E-state index contributed by atoms with van der Waals surface area (Å²) in [5.74, 6) is 4.00. The fraction of sp³-hybridized carbons (Fsp3) is 0.351. The number of aryl methyl sites for hydroxylation is 10. The molecule has 20 heteroatoms. The molecule has 9 aromatic carbocycles. The monoisotopic (exact) mass is 1740 g/mol. The number of nitrogen functional groups attached to an aromatic ring is 4. The smallest absolute Gasteiger partial charge is 0.229 e. The van der Waals surface area contributed by atoms with Crippen molar-refractivity contribution in [1.29, 1.82) is 0 Å². The van der Waals surface area contributed by atoms with Crippen LogP contribution in [0.4, 0.5) is 46.0 Å². The molecule has 0 radical (unpaired) electrons. The lowest BCUT2D eigenvalue weighted by atomic mass is 9.85. The molecule has 0 unspecified atom stereocenters. The molecule has 8 aliphatic carbocycles.